The first kappa shape index (κ1) is 18.6. The number of hydrogen-bond acceptors (Lipinski definition) is 4. The fourth-order valence-corrected chi connectivity index (χ4v) is 4.44. The van der Waals surface area contributed by atoms with Crippen LogP contribution in [0.1, 0.15) is 33.9 Å². The first-order valence-electron chi connectivity index (χ1n) is 9.27. The van der Waals surface area contributed by atoms with Gasteiger partial charge in [0.2, 0.25) is 5.78 Å². The lowest BCUT2D eigenvalue weighted by Crippen LogP contribution is -2.45. The van der Waals surface area contributed by atoms with Crippen LogP contribution in [0.3, 0.4) is 0 Å². The SMILES string of the molecule is O=C(c1ccc(Br)cc1)C1Oc2ccc(Br)cc2C2CC(c3ccccc3)=NN12. The first-order chi connectivity index (χ1) is 14.1. The maximum absolute atomic E-state index is 13.3. The maximum atomic E-state index is 13.3. The fourth-order valence-electron chi connectivity index (χ4n) is 3.79. The van der Waals surface area contributed by atoms with Crippen LogP contribution in [0.2, 0.25) is 0 Å². The zero-order valence-electron chi connectivity index (χ0n) is 15.3. The van der Waals surface area contributed by atoms with Gasteiger partial charge in [0.1, 0.15) is 5.75 Å². The van der Waals surface area contributed by atoms with Gasteiger partial charge in [-0.15, -0.1) is 0 Å². The molecule has 5 rings (SSSR count). The number of carbonyl (C=O) groups excluding carboxylic acids is 1. The highest BCUT2D eigenvalue weighted by atomic mass is 79.9. The van der Waals surface area contributed by atoms with Crippen LogP contribution in [-0.4, -0.2) is 22.7 Å². The molecule has 4 nitrogen and oxygen atoms in total. The summed E-state index contributed by atoms with van der Waals surface area (Å²) < 4.78 is 8.07. The number of hydrazone groups is 1. The summed E-state index contributed by atoms with van der Waals surface area (Å²) >= 11 is 6.97. The average Bonchev–Trinajstić information content (AvgIpc) is 3.20. The Bertz CT molecular complexity index is 1110. The second kappa shape index (κ2) is 7.43. The third-order valence-electron chi connectivity index (χ3n) is 5.21. The van der Waals surface area contributed by atoms with Crippen LogP contribution in [0, 0.1) is 0 Å². The van der Waals surface area contributed by atoms with Gasteiger partial charge in [-0.3, -0.25) is 4.79 Å². The molecule has 3 aromatic carbocycles. The lowest BCUT2D eigenvalue weighted by molar-refractivity contribution is -0.00459. The Morgan fingerprint density at radius 3 is 2.45 bits per heavy atom. The largest absolute Gasteiger partial charge is 0.461 e. The van der Waals surface area contributed by atoms with Gasteiger partial charge in [-0.05, 0) is 35.9 Å². The van der Waals surface area contributed by atoms with E-state index < -0.39 is 6.23 Å². The summed E-state index contributed by atoms with van der Waals surface area (Å²) in [5, 5.41) is 6.65. The van der Waals surface area contributed by atoms with E-state index in [1.807, 2.05) is 59.6 Å². The summed E-state index contributed by atoms with van der Waals surface area (Å²) in [4.78, 5) is 13.3. The van der Waals surface area contributed by atoms with Crippen molar-refractivity contribution in [1.82, 2.24) is 5.01 Å². The Labute approximate surface area is 185 Å². The zero-order valence-corrected chi connectivity index (χ0v) is 18.4. The Hall–Kier alpha value is -2.44. The zero-order chi connectivity index (χ0) is 20.0. The number of hydrogen-bond donors (Lipinski definition) is 0. The van der Waals surface area contributed by atoms with Gasteiger partial charge in [-0.1, -0.05) is 74.3 Å². The normalized spacial score (nSPS) is 19.8. The van der Waals surface area contributed by atoms with Crippen molar-refractivity contribution in [1.29, 1.82) is 0 Å². The number of benzene rings is 3. The van der Waals surface area contributed by atoms with Crippen LogP contribution in [-0.2, 0) is 0 Å². The average molecular weight is 512 g/mol. The molecule has 2 aliphatic rings. The van der Waals surface area contributed by atoms with E-state index in [1.165, 1.54) is 0 Å². The monoisotopic (exact) mass is 510 g/mol. The molecule has 6 heteroatoms. The van der Waals surface area contributed by atoms with Gasteiger partial charge >= 0.3 is 0 Å². The summed E-state index contributed by atoms with van der Waals surface area (Å²) in [5.41, 5.74) is 3.66. The molecular weight excluding hydrogens is 496 g/mol. The molecule has 2 aliphatic heterocycles. The van der Waals surface area contributed by atoms with Crippen molar-refractivity contribution < 1.29 is 9.53 Å². The minimum atomic E-state index is -0.795. The predicted molar refractivity (Wildman–Crippen MR) is 119 cm³/mol. The molecule has 144 valence electrons. The van der Waals surface area contributed by atoms with Crippen molar-refractivity contribution in [3.8, 4) is 5.75 Å². The molecule has 0 spiro atoms. The van der Waals surface area contributed by atoms with Crippen LogP contribution in [0.5, 0.6) is 5.75 Å². The number of halogens is 2. The van der Waals surface area contributed by atoms with Gasteiger partial charge in [-0.2, -0.15) is 5.10 Å². The number of carbonyl (C=O) groups is 1. The second-order valence-electron chi connectivity index (χ2n) is 7.04. The predicted octanol–water partition coefficient (Wildman–Crippen LogP) is 5.96. The molecule has 2 heterocycles. The smallest absolute Gasteiger partial charge is 0.251 e. The molecule has 0 saturated carbocycles. The van der Waals surface area contributed by atoms with Crippen LogP contribution in [0.4, 0.5) is 0 Å². The number of rotatable bonds is 3. The highest BCUT2D eigenvalue weighted by molar-refractivity contribution is 9.10. The van der Waals surface area contributed by atoms with Crippen molar-refractivity contribution >= 4 is 43.4 Å². The van der Waals surface area contributed by atoms with Crippen LogP contribution in [0.25, 0.3) is 0 Å². The van der Waals surface area contributed by atoms with Crippen molar-refractivity contribution in [3.05, 3.63) is 98.4 Å². The van der Waals surface area contributed by atoms with E-state index in [4.69, 9.17) is 9.84 Å². The van der Waals surface area contributed by atoms with Crippen LogP contribution in [0.15, 0.2) is 86.8 Å². The first-order valence-corrected chi connectivity index (χ1v) is 10.9. The maximum Gasteiger partial charge on any atom is 0.251 e. The third-order valence-corrected chi connectivity index (χ3v) is 6.23. The summed E-state index contributed by atoms with van der Waals surface area (Å²) in [5.74, 6) is 0.628. The van der Waals surface area contributed by atoms with Gasteiger partial charge < -0.3 is 4.74 Å². The van der Waals surface area contributed by atoms with Crippen molar-refractivity contribution in [2.24, 2.45) is 5.10 Å². The molecule has 0 radical (unpaired) electrons. The molecule has 2 unspecified atom stereocenters. The highest BCUT2D eigenvalue weighted by Gasteiger charge is 2.43. The van der Waals surface area contributed by atoms with E-state index in [0.717, 1.165) is 38.0 Å². The summed E-state index contributed by atoms with van der Waals surface area (Å²) in [6.07, 6.45) is -0.0722. The minimum Gasteiger partial charge on any atom is -0.461 e. The van der Waals surface area contributed by atoms with Gasteiger partial charge in [0.05, 0.1) is 11.8 Å². The lowest BCUT2D eigenvalue weighted by atomic mass is 9.96. The van der Waals surface area contributed by atoms with Crippen molar-refractivity contribution in [2.75, 3.05) is 0 Å². The summed E-state index contributed by atoms with van der Waals surface area (Å²) in [6.45, 7) is 0. The number of ketones is 1. The van der Waals surface area contributed by atoms with E-state index in [1.54, 1.807) is 12.1 Å². The molecule has 0 aromatic heterocycles. The lowest BCUT2D eigenvalue weighted by Gasteiger charge is -2.37. The summed E-state index contributed by atoms with van der Waals surface area (Å²) in [6, 6.07) is 23.3. The van der Waals surface area contributed by atoms with Crippen LogP contribution >= 0.6 is 31.9 Å². The standard InChI is InChI=1S/C23H16Br2N2O2/c24-16-8-6-15(7-9-16)22(28)23-27-20(18-12-17(25)10-11-21(18)29-23)13-19(26-27)14-4-2-1-3-5-14/h1-12,20,23H,13H2. The molecule has 2 atom stereocenters. The number of ether oxygens (including phenoxy) is 1. The number of fused-ring (bicyclic) bond motifs is 3. The van der Waals surface area contributed by atoms with Gasteiger partial charge in [0, 0.05) is 26.5 Å². The number of nitrogens with zero attached hydrogens (tertiary/aromatic N) is 2. The van der Waals surface area contributed by atoms with Gasteiger partial charge in [0.25, 0.3) is 6.23 Å². The molecule has 29 heavy (non-hydrogen) atoms. The minimum absolute atomic E-state index is 0.0455. The van der Waals surface area contributed by atoms with Crippen LogP contribution < -0.4 is 4.74 Å². The quantitative estimate of drug-likeness (QED) is 0.407. The van der Waals surface area contributed by atoms with E-state index in [0.29, 0.717) is 5.56 Å². The molecular formula is C23H16Br2N2O2. The van der Waals surface area contributed by atoms with E-state index in [9.17, 15) is 4.79 Å². The Morgan fingerprint density at radius 1 is 0.966 bits per heavy atom. The Kier molecular flexibility index (Phi) is 4.76. The van der Waals surface area contributed by atoms with Crippen molar-refractivity contribution in [2.45, 2.75) is 18.7 Å². The molecule has 0 amide bonds. The second-order valence-corrected chi connectivity index (χ2v) is 8.87. The van der Waals surface area contributed by atoms with E-state index in [2.05, 4.69) is 37.9 Å². The third kappa shape index (κ3) is 3.40. The molecule has 3 aromatic rings. The van der Waals surface area contributed by atoms with E-state index in [-0.39, 0.29) is 11.8 Å². The molecule has 0 aliphatic carbocycles. The van der Waals surface area contributed by atoms with Crippen molar-refractivity contribution in [3.63, 3.8) is 0 Å². The number of Topliss-reactive ketones (excluding diaryl/α,β-unsaturated/α-hetero) is 1. The molecule has 0 fully saturated rings. The fraction of sp³-hybridized carbons (Fsp3) is 0.130. The molecule has 0 saturated heterocycles. The van der Waals surface area contributed by atoms with Gasteiger partial charge in [0.15, 0.2) is 0 Å². The van der Waals surface area contributed by atoms with Gasteiger partial charge in [-0.25, -0.2) is 5.01 Å². The molecule has 0 N–H and O–H groups in total. The van der Waals surface area contributed by atoms with E-state index >= 15 is 0 Å². The Morgan fingerprint density at radius 2 is 1.69 bits per heavy atom. The highest BCUT2D eigenvalue weighted by Crippen LogP contribution is 2.44. The topological polar surface area (TPSA) is 41.9 Å². The summed E-state index contributed by atoms with van der Waals surface area (Å²) in [7, 11) is 0. The molecule has 0 bridgehead atoms. The Balaban J connectivity index is 1.57.